The van der Waals surface area contributed by atoms with Crippen molar-refractivity contribution < 1.29 is 9.63 Å². The Morgan fingerprint density at radius 3 is 2.76 bits per heavy atom. The highest BCUT2D eigenvalue weighted by Gasteiger charge is 2.42. The molecular weight excluding hydrogens is 337 g/mol. The second-order valence-electron chi connectivity index (χ2n) is 4.91. The number of unbranched alkanes of at least 4 members (excludes halogenated alkanes) is 1. The lowest BCUT2D eigenvalue weighted by molar-refractivity contribution is -0.130. The van der Waals surface area contributed by atoms with Gasteiger partial charge in [0, 0.05) is 12.6 Å². The van der Waals surface area contributed by atoms with Crippen molar-refractivity contribution in [2.45, 2.75) is 45.1 Å². The van der Waals surface area contributed by atoms with Gasteiger partial charge in [0.2, 0.25) is 5.60 Å². The number of carbonyl (C=O) groups excluding carboxylic acids is 1. The van der Waals surface area contributed by atoms with Gasteiger partial charge in [-0.3, -0.25) is 4.79 Å². The Balaban J connectivity index is 0.00000220. The SMILES string of the molecule is CCCCc1cnc(C2=NOC(C)(C(=O)Cl)C2)c(Cl)n1.Cl. The Bertz CT molecular complexity index is 566. The van der Waals surface area contributed by atoms with Gasteiger partial charge >= 0.3 is 0 Å². The lowest BCUT2D eigenvalue weighted by atomic mass is 10.00. The van der Waals surface area contributed by atoms with Crippen molar-refractivity contribution in [2.24, 2.45) is 5.16 Å². The van der Waals surface area contributed by atoms with E-state index >= 15 is 0 Å². The Labute approximate surface area is 139 Å². The zero-order chi connectivity index (χ0) is 14.8. The number of carbonyl (C=O) groups is 1. The largest absolute Gasteiger partial charge is 0.379 e. The average Bonchev–Trinajstić information content (AvgIpc) is 2.80. The fourth-order valence-electron chi connectivity index (χ4n) is 1.84. The molecule has 1 aliphatic heterocycles. The fourth-order valence-corrected chi connectivity index (χ4v) is 2.21. The van der Waals surface area contributed by atoms with Crippen LogP contribution in [0.3, 0.4) is 0 Å². The summed E-state index contributed by atoms with van der Waals surface area (Å²) in [6.45, 7) is 3.69. The van der Waals surface area contributed by atoms with Gasteiger partial charge in [-0.2, -0.15) is 0 Å². The number of hydrogen-bond acceptors (Lipinski definition) is 5. The fraction of sp³-hybridized carbons (Fsp3) is 0.538. The van der Waals surface area contributed by atoms with Gasteiger partial charge in [0.1, 0.15) is 11.4 Å². The number of halogens is 3. The predicted octanol–water partition coefficient (Wildman–Crippen LogP) is 3.54. The van der Waals surface area contributed by atoms with Gasteiger partial charge < -0.3 is 4.84 Å². The van der Waals surface area contributed by atoms with E-state index in [1.807, 2.05) is 0 Å². The van der Waals surface area contributed by atoms with Crippen molar-refractivity contribution in [1.82, 2.24) is 9.97 Å². The highest BCUT2D eigenvalue weighted by Crippen LogP contribution is 2.29. The highest BCUT2D eigenvalue weighted by molar-refractivity contribution is 6.65. The molecular formula is C13H16Cl3N3O2. The molecule has 0 N–H and O–H groups in total. The molecule has 1 unspecified atom stereocenters. The van der Waals surface area contributed by atoms with Crippen molar-refractivity contribution in [3.05, 3.63) is 22.7 Å². The van der Waals surface area contributed by atoms with Gasteiger partial charge in [0.15, 0.2) is 5.15 Å². The second-order valence-corrected chi connectivity index (χ2v) is 5.62. The molecule has 0 saturated carbocycles. The Hall–Kier alpha value is -0.910. The van der Waals surface area contributed by atoms with Crippen LogP contribution in [0.5, 0.6) is 0 Å². The van der Waals surface area contributed by atoms with Crippen LogP contribution in [0.1, 0.15) is 44.5 Å². The summed E-state index contributed by atoms with van der Waals surface area (Å²) in [4.78, 5) is 25.0. The summed E-state index contributed by atoms with van der Waals surface area (Å²) in [5.41, 5.74) is 0.619. The monoisotopic (exact) mass is 351 g/mol. The highest BCUT2D eigenvalue weighted by atomic mass is 35.5. The van der Waals surface area contributed by atoms with Gasteiger partial charge in [-0.05, 0) is 31.4 Å². The molecule has 0 aromatic carbocycles. The standard InChI is InChI=1S/C13H15Cl2N3O2.ClH/c1-3-4-5-8-7-16-10(11(14)17-8)9-6-13(2,12(15)19)20-18-9;/h7H,3-6H2,1-2H3;1H. The molecule has 2 rings (SSSR count). The van der Waals surface area contributed by atoms with Crippen LogP contribution in [-0.4, -0.2) is 26.5 Å². The number of oxime groups is 1. The van der Waals surface area contributed by atoms with Gasteiger partial charge in [-0.1, -0.05) is 30.1 Å². The molecule has 1 aliphatic rings. The zero-order valence-electron chi connectivity index (χ0n) is 11.7. The van der Waals surface area contributed by atoms with E-state index in [1.54, 1.807) is 13.1 Å². The van der Waals surface area contributed by atoms with Crippen molar-refractivity contribution in [3.63, 3.8) is 0 Å². The van der Waals surface area contributed by atoms with Crippen LogP contribution in [0.4, 0.5) is 0 Å². The number of aryl methyl sites for hydroxylation is 1. The maximum atomic E-state index is 11.3. The third kappa shape index (κ3) is 4.05. The predicted molar refractivity (Wildman–Crippen MR) is 84.4 cm³/mol. The second kappa shape index (κ2) is 7.38. The van der Waals surface area contributed by atoms with E-state index in [9.17, 15) is 4.79 Å². The molecule has 5 nitrogen and oxygen atoms in total. The van der Waals surface area contributed by atoms with Crippen LogP contribution in [0.2, 0.25) is 5.15 Å². The normalized spacial score (nSPS) is 20.5. The van der Waals surface area contributed by atoms with Crippen molar-refractivity contribution in [2.75, 3.05) is 0 Å². The first-order chi connectivity index (χ1) is 9.46. The third-order valence-corrected chi connectivity index (χ3v) is 3.78. The first-order valence-electron chi connectivity index (χ1n) is 6.43. The number of hydrogen-bond donors (Lipinski definition) is 0. The van der Waals surface area contributed by atoms with Gasteiger partial charge in [-0.15, -0.1) is 12.4 Å². The van der Waals surface area contributed by atoms with Crippen LogP contribution in [0.25, 0.3) is 0 Å². The molecule has 21 heavy (non-hydrogen) atoms. The first kappa shape index (κ1) is 18.1. The first-order valence-corrected chi connectivity index (χ1v) is 7.18. The average molecular weight is 353 g/mol. The van der Waals surface area contributed by atoms with E-state index in [0.29, 0.717) is 11.4 Å². The molecule has 0 radical (unpaired) electrons. The van der Waals surface area contributed by atoms with E-state index < -0.39 is 10.8 Å². The number of aromatic nitrogens is 2. The zero-order valence-corrected chi connectivity index (χ0v) is 14.1. The lowest BCUT2D eigenvalue weighted by Crippen LogP contribution is -2.32. The minimum Gasteiger partial charge on any atom is -0.379 e. The van der Waals surface area contributed by atoms with Gasteiger partial charge in [0.05, 0.1) is 5.69 Å². The summed E-state index contributed by atoms with van der Waals surface area (Å²) in [7, 11) is 0. The maximum Gasteiger partial charge on any atom is 0.268 e. The molecule has 8 heteroatoms. The Kier molecular flexibility index (Phi) is 6.38. The molecule has 0 amide bonds. The van der Waals surface area contributed by atoms with E-state index in [1.165, 1.54) is 0 Å². The summed E-state index contributed by atoms with van der Waals surface area (Å²) in [6.07, 6.45) is 4.87. The van der Waals surface area contributed by atoms with Crippen molar-refractivity contribution >= 4 is 46.6 Å². The van der Waals surface area contributed by atoms with Crippen LogP contribution >= 0.6 is 35.6 Å². The number of nitrogens with zero attached hydrogens (tertiary/aromatic N) is 3. The number of rotatable bonds is 5. The smallest absolute Gasteiger partial charge is 0.268 e. The van der Waals surface area contributed by atoms with E-state index in [4.69, 9.17) is 28.0 Å². The van der Waals surface area contributed by atoms with Crippen LogP contribution in [0, 0.1) is 0 Å². The summed E-state index contributed by atoms with van der Waals surface area (Å²) in [5.74, 6) is 0. The summed E-state index contributed by atoms with van der Waals surface area (Å²) in [5, 5.41) is 3.53. The maximum absolute atomic E-state index is 11.3. The summed E-state index contributed by atoms with van der Waals surface area (Å²) < 4.78 is 0. The molecule has 0 spiro atoms. The van der Waals surface area contributed by atoms with Crippen LogP contribution in [0.15, 0.2) is 11.4 Å². The quantitative estimate of drug-likeness (QED) is 0.760. The molecule has 1 aromatic heterocycles. The molecule has 1 atom stereocenters. The summed E-state index contributed by atoms with van der Waals surface area (Å²) >= 11 is 11.6. The summed E-state index contributed by atoms with van der Waals surface area (Å²) in [6, 6.07) is 0. The molecule has 0 aliphatic carbocycles. The molecule has 2 heterocycles. The van der Waals surface area contributed by atoms with Crippen LogP contribution in [-0.2, 0) is 16.1 Å². The van der Waals surface area contributed by atoms with E-state index in [2.05, 4.69) is 22.0 Å². The van der Waals surface area contributed by atoms with Crippen molar-refractivity contribution in [1.29, 1.82) is 0 Å². The molecule has 116 valence electrons. The van der Waals surface area contributed by atoms with Crippen molar-refractivity contribution in [3.8, 4) is 0 Å². The molecule has 0 fully saturated rings. The minimum absolute atomic E-state index is 0. The molecule has 0 bridgehead atoms. The van der Waals surface area contributed by atoms with Crippen LogP contribution < -0.4 is 0 Å². The Morgan fingerprint density at radius 2 is 2.24 bits per heavy atom. The lowest BCUT2D eigenvalue weighted by Gasteiger charge is -2.14. The van der Waals surface area contributed by atoms with E-state index in [-0.39, 0.29) is 24.0 Å². The Morgan fingerprint density at radius 1 is 1.52 bits per heavy atom. The van der Waals surface area contributed by atoms with E-state index in [0.717, 1.165) is 25.0 Å². The van der Waals surface area contributed by atoms with Gasteiger partial charge in [0.25, 0.3) is 5.24 Å². The van der Waals surface area contributed by atoms with Gasteiger partial charge in [-0.25, -0.2) is 9.97 Å². The third-order valence-electron chi connectivity index (χ3n) is 3.12. The topological polar surface area (TPSA) is 64.4 Å². The molecule has 0 saturated heterocycles. The minimum atomic E-state index is -1.15. The molecule has 1 aromatic rings.